The first-order chi connectivity index (χ1) is 3.41. The molecular formula is C4H11NS2. The fourth-order valence-electron chi connectivity index (χ4n) is 0.184. The molecule has 3 heteroatoms. The summed E-state index contributed by atoms with van der Waals surface area (Å²) in [7, 11) is 5.50. The summed E-state index contributed by atoms with van der Waals surface area (Å²) in [5, 5.41) is 0. The van der Waals surface area contributed by atoms with Gasteiger partial charge in [0.25, 0.3) is 0 Å². The Bertz CT molecular complexity index is 28.9. The molecule has 0 aromatic heterocycles. The van der Waals surface area contributed by atoms with Crippen molar-refractivity contribution < 1.29 is 0 Å². The molecule has 0 rings (SSSR count). The third-order valence-corrected chi connectivity index (χ3v) is 2.64. The van der Waals surface area contributed by atoms with Crippen molar-refractivity contribution in [3.05, 3.63) is 0 Å². The van der Waals surface area contributed by atoms with Crippen molar-refractivity contribution in [3.63, 3.8) is 0 Å². The predicted molar refractivity (Wildman–Crippen MR) is 39.4 cm³/mol. The van der Waals surface area contributed by atoms with E-state index in [0.717, 1.165) is 0 Å². The molecule has 0 fully saturated rings. The molecule has 1 N–H and O–H groups in total. The van der Waals surface area contributed by atoms with Gasteiger partial charge in [0.15, 0.2) is 0 Å². The molecule has 0 saturated carbocycles. The van der Waals surface area contributed by atoms with E-state index in [1.807, 2.05) is 17.8 Å². The quantitative estimate of drug-likeness (QED) is 0.361. The van der Waals surface area contributed by atoms with E-state index >= 15 is 0 Å². The Balaban J connectivity index is 2.45. The molecule has 0 aliphatic carbocycles. The Labute approximate surface area is 53.2 Å². The second-order valence-corrected chi connectivity index (χ2v) is 3.54. The van der Waals surface area contributed by atoms with Crippen molar-refractivity contribution in [1.29, 1.82) is 0 Å². The van der Waals surface area contributed by atoms with E-state index in [1.165, 1.54) is 12.2 Å². The molecule has 1 nitrogen and oxygen atoms in total. The van der Waals surface area contributed by atoms with Crippen molar-refractivity contribution in [1.82, 2.24) is 4.72 Å². The molecule has 0 aliphatic rings. The standard InChI is InChI=1S/C4H11NS2/c1-3-4-6-7-5-2/h5H,3-4H2,1-2H3. The van der Waals surface area contributed by atoms with Crippen LogP contribution in [0.4, 0.5) is 0 Å². The van der Waals surface area contributed by atoms with Crippen LogP contribution in [0.25, 0.3) is 0 Å². The molecule has 7 heavy (non-hydrogen) atoms. The highest BCUT2D eigenvalue weighted by Crippen LogP contribution is 2.15. The van der Waals surface area contributed by atoms with Crippen LogP contribution in [0.15, 0.2) is 0 Å². The van der Waals surface area contributed by atoms with E-state index < -0.39 is 0 Å². The van der Waals surface area contributed by atoms with Crippen molar-refractivity contribution >= 4 is 21.8 Å². The van der Waals surface area contributed by atoms with Crippen LogP contribution >= 0.6 is 21.8 Å². The SMILES string of the molecule is CCCSSNC. The summed E-state index contributed by atoms with van der Waals surface area (Å²) in [4.78, 5) is 0. The topological polar surface area (TPSA) is 12.0 Å². The summed E-state index contributed by atoms with van der Waals surface area (Å²) in [5.74, 6) is 1.24. The number of nitrogens with one attached hydrogen (secondary N) is 1. The molecule has 0 spiro atoms. The molecular weight excluding hydrogens is 126 g/mol. The van der Waals surface area contributed by atoms with E-state index in [-0.39, 0.29) is 0 Å². The van der Waals surface area contributed by atoms with Gasteiger partial charge >= 0.3 is 0 Å². The van der Waals surface area contributed by atoms with Gasteiger partial charge in [-0.1, -0.05) is 17.7 Å². The van der Waals surface area contributed by atoms with E-state index in [1.54, 1.807) is 11.0 Å². The third kappa shape index (κ3) is 6.66. The maximum absolute atomic E-state index is 2.98. The molecule has 0 bridgehead atoms. The zero-order chi connectivity index (χ0) is 5.54. The maximum Gasteiger partial charge on any atom is 0.00467 e. The maximum atomic E-state index is 2.98. The lowest BCUT2D eigenvalue weighted by Crippen LogP contribution is -1.86. The molecule has 0 aromatic rings. The van der Waals surface area contributed by atoms with Crippen molar-refractivity contribution in [2.75, 3.05) is 12.8 Å². The van der Waals surface area contributed by atoms with E-state index in [2.05, 4.69) is 11.6 Å². The van der Waals surface area contributed by atoms with Crippen LogP contribution < -0.4 is 4.72 Å². The number of hydrogen-bond acceptors (Lipinski definition) is 3. The molecule has 0 saturated heterocycles. The monoisotopic (exact) mass is 137 g/mol. The fraction of sp³-hybridized carbons (Fsp3) is 1.00. The summed E-state index contributed by atoms with van der Waals surface area (Å²) in [6.45, 7) is 2.18. The van der Waals surface area contributed by atoms with Gasteiger partial charge in [0.05, 0.1) is 0 Å². The second kappa shape index (κ2) is 6.66. The van der Waals surface area contributed by atoms with Gasteiger partial charge in [0.2, 0.25) is 0 Å². The summed E-state index contributed by atoms with van der Waals surface area (Å²) < 4.78 is 2.98. The first kappa shape index (κ1) is 7.66. The molecule has 0 unspecified atom stereocenters. The van der Waals surface area contributed by atoms with E-state index in [9.17, 15) is 0 Å². The fourth-order valence-corrected chi connectivity index (χ4v) is 1.66. The van der Waals surface area contributed by atoms with Gasteiger partial charge in [-0.05, 0) is 24.4 Å². The highest BCUT2D eigenvalue weighted by molar-refractivity contribution is 8.76. The smallest absolute Gasteiger partial charge is 0.00467 e. The van der Waals surface area contributed by atoms with Crippen LogP contribution in [0.2, 0.25) is 0 Å². The van der Waals surface area contributed by atoms with E-state index in [4.69, 9.17) is 0 Å². The summed E-state index contributed by atoms with van der Waals surface area (Å²) in [5.41, 5.74) is 0. The van der Waals surface area contributed by atoms with Gasteiger partial charge in [0, 0.05) is 5.75 Å². The molecule has 0 atom stereocenters. The summed E-state index contributed by atoms with van der Waals surface area (Å²) >= 11 is 0. The van der Waals surface area contributed by atoms with Gasteiger partial charge in [-0.15, -0.1) is 0 Å². The molecule has 0 aromatic carbocycles. The first-order valence-corrected chi connectivity index (χ1v) is 4.69. The first-order valence-electron chi connectivity index (χ1n) is 2.37. The Kier molecular flexibility index (Phi) is 7.29. The molecule has 0 radical (unpaired) electrons. The van der Waals surface area contributed by atoms with Crippen LogP contribution in [-0.4, -0.2) is 12.8 Å². The van der Waals surface area contributed by atoms with Crippen molar-refractivity contribution in [3.8, 4) is 0 Å². The summed E-state index contributed by atoms with van der Waals surface area (Å²) in [6.07, 6.45) is 1.26. The zero-order valence-electron chi connectivity index (χ0n) is 4.73. The Hall–Kier alpha value is 0.660. The van der Waals surface area contributed by atoms with Crippen LogP contribution in [0.5, 0.6) is 0 Å². The van der Waals surface area contributed by atoms with Crippen LogP contribution in [0.1, 0.15) is 13.3 Å². The number of hydrogen-bond donors (Lipinski definition) is 1. The molecule has 0 amide bonds. The normalized spacial score (nSPS) is 9.43. The van der Waals surface area contributed by atoms with Gasteiger partial charge in [-0.25, -0.2) is 0 Å². The van der Waals surface area contributed by atoms with Gasteiger partial charge in [-0.3, -0.25) is 4.72 Å². The minimum absolute atomic E-state index is 1.24. The lowest BCUT2D eigenvalue weighted by Gasteiger charge is -1.91. The van der Waals surface area contributed by atoms with Crippen molar-refractivity contribution in [2.45, 2.75) is 13.3 Å². The van der Waals surface area contributed by atoms with Crippen LogP contribution in [-0.2, 0) is 0 Å². The molecule has 0 heterocycles. The zero-order valence-corrected chi connectivity index (χ0v) is 6.36. The van der Waals surface area contributed by atoms with Gasteiger partial charge in [0.1, 0.15) is 0 Å². The minimum Gasteiger partial charge on any atom is -0.258 e. The number of rotatable bonds is 4. The minimum atomic E-state index is 1.24. The molecule has 44 valence electrons. The third-order valence-electron chi connectivity index (χ3n) is 0.430. The van der Waals surface area contributed by atoms with Gasteiger partial charge < -0.3 is 0 Å². The highest BCUT2D eigenvalue weighted by atomic mass is 33.1. The lowest BCUT2D eigenvalue weighted by molar-refractivity contribution is 1.11. The Morgan fingerprint density at radius 3 is 2.71 bits per heavy atom. The average Bonchev–Trinajstić information content (AvgIpc) is 1.69. The van der Waals surface area contributed by atoms with Crippen molar-refractivity contribution in [2.24, 2.45) is 0 Å². The average molecular weight is 137 g/mol. The van der Waals surface area contributed by atoms with Crippen LogP contribution in [0.3, 0.4) is 0 Å². The Morgan fingerprint density at radius 2 is 2.29 bits per heavy atom. The molecule has 0 aliphatic heterocycles. The summed E-state index contributed by atoms with van der Waals surface area (Å²) in [6, 6.07) is 0. The van der Waals surface area contributed by atoms with Gasteiger partial charge in [-0.2, -0.15) is 0 Å². The van der Waals surface area contributed by atoms with E-state index in [0.29, 0.717) is 0 Å². The lowest BCUT2D eigenvalue weighted by atomic mass is 10.6. The Morgan fingerprint density at radius 1 is 1.57 bits per heavy atom. The second-order valence-electron chi connectivity index (χ2n) is 1.11. The van der Waals surface area contributed by atoms with Crippen LogP contribution in [0, 0.1) is 0 Å². The largest absolute Gasteiger partial charge is 0.258 e. The predicted octanol–water partition coefficient (Wildman–Crippen LogP) is 1.91. The highest BCUT2D eigenvalue weighted by Gasteiger charge is 1.79.